The van der Waals surface area contributed by atoms with Crippen LogP contribution in [-0.2, 0) is 6.54 Å². The van der Waals surface area contributed by atoms with E-state index in [1.165, 1.54) is 16.7 Å². The highest BCUT2D eigenvalue weighted by Crippen LogP contribution is 2.24. The number of nitrogens with two attached hydrogens (primary N) is 1. The van der Waals surface area contributed by atoms with Crippen LogP contribution in [-0.4, -0.2) is 21.6 Å². The maximum Gasteiger partial charge on any atom is 0.268 e. The molecule has 0 spiro atoms. The molecule has 7 nitrogen and oxygen atoms in total. The Hall–Kier alpha value is -3.39. The lowest BCUT2D eigenvalue weighted by atomic mass is 10.2. The summed E-state index contributed by atoms with van der Waals surface area (Å²) in [7, 11) is 0. The van der Waals surface area contributed by atoms with E-state index < -0.39 is 17.3 Å². The van der Waals surface area contributed by atoms with Crippen LogP contribution >= 0.6 is 11.6 Å². The van der Waals surface area contributed by atoms with Crippen molar-refractivity contribution >= 4 is 29.1 Å². The van der Waals surface area contributed by atoms with E-state index in [0.29, 0.717) is 10.7 Å². The Bertz CT molecular complexity index is 1130. The number of ether oxygens (including phenoxy) is 1. The maximum absolute atomic E-state index is 14.3. The van der Waals surface area contributed by atoms with Crippen LogP contribution in [0.3, 0.4) is 0 Å². The van der Waals surface area contributed by atoms with Crippen LogP contribution < -0.4 is 21.3 Å². The highest BCUT2D eigenvalue weighted by molar-refractivity contribution is 6.30. The number of benzene rings is 2. The van der Waals surface area contributed by atoms with Gasteiger partial charge in [-0.05, 0) is 43.7 Å². The Balaban J connectivity index is 1.98. The highest BCUT2D eigenvalue weighted by atomic mass is 35.5. The topological polar surface area (TPSA) is 99.2 Å². The average molecular weight is 431 g/mol. The van der Waals surface area contributed by atoms with E-state index in [1.54, 1.807) is 44.2 Å². The Morgan fingerprint density at radius 3 is 2.57 bits per heavy atom. The number of anilines is 2. The van der Waals surface area contributed by atoms with Crippen LogP contribution in [0, 0.1) is 5.82 Å². The van der Waals surface area contributed by atoms with E-state index >= 15 is 0 Å². The molecule has 3 aromatic rings. The van der Waals surface area contributed by atoms with Crippen molar-refractivity contribution in [1.29, 1.82) is 0 Å². The first kappa shape index (κ1) is 21.3. The maximum atomic E-state index is 14.3. The summed E-state index contributed by atoms with van der Waals surface area (Å²) in [4.78, 5) is 28.5. The molecule has 9 heteroatoms. The molecule has 156 valence electrons. The van der Waals surface area contributed by atoms with Crippen LogP contribution in [0.15, 0.2) is 53.5 Å². The number of primary amides is 1. The molecule has 0 atom stereocenters. The van der Waals surface area contributed by atoms with Crippen molar-refractivity contribution in [2.45, 2.75) is 26.5 Å². The number of nitrogens with zero attached hydrogens (tertiary/aromatic N) is 2. The molecule has 1 amide bonds. The predicted octanol–water partition coefficient (Wildman–Crippen LogP) is 3.71. The van der Waals surface area contributed by atoms with Crippen molar-refractivity contribution in [3.05, 3.63) is 81.0 Å². The van der Waals surface area contributed by atoms with E-state index in [2.05, 4.69) is 10.3 Å². The summed E-state index contributed by atoms with van der Waals surface area (Å²) in [6, 6.07) is 11.2. The molecule has 0 aliphatic rings. The van der Waals surface area contributed by atoms with Gasteiger partial charge < -0.3 is 15.8 Å². The Morgan fingerprint density at radius 1 is 1.27 bits per heavy atom. The van der Waals surface area contributed by atoms with Gasteiger partial charge >= 0.3 is 0 Å². The van der Waals surface area contributed by atoms with Crippen LogP contribution in [0.4, 0.5) is 16.0 Å². The summed E-state index contributed by atoms with van der Waals surface area (Å²) in [5, 5.41) is 3.46. The van der Waals surface area contributed by atoms with Crippen molar-refractivity contribution in [2.75, 3.05) is 5.32 Å². The molecule has 3 N–H and O–H groups in total. The van der Waals surface area contributed by atoms with Crippen molar-refractivity contribution in [3.63, 3.8) is 0 Å². The van der Waals surface area contributed by atoms with Gasteiger partial charge in [-0.25, -0.2) is 9.37 Å². The zero-order chi connectivity index (χ0) is 21.8. The molecule has 0 unspecified atom stereocenters. The number of amides is 1. The molecule has 0 aliphatic heterocycles. The quantitative estimate of drug-likeness (QED) is 0.595. The molecule has 3 rings (SSSR count). The fourth-order valence-corrected chi connectivity index (χ4v) is 2.86. The monoisotopic (exact) mass is 430 g/mol. The molecule has 0 radical (unpaired) electrons. The van der Waals surface area contributed by atoms with Crippen molar-refractivity contribution in [2.24, 2.45) is 5.73 Å². The van der Waals surface area contributed by atoms with Gasteiger partial charge in [0.05, 0.1) is 12.6 Å². The first-order chi connectivity index (χ1) is 14.2. The molecule has 30 heavy (non-hydrogen) atoms. The molecule has 1 heterocycles. The van der Waals surface area contributed by atoms with Gasteiger partial charge in [0, 0.05) is 23.0 Å². The molecule has 0 aliphatic carbocycles. The van der Waals surface area contributed by atoms with E-state index in [0.717, 1.165) is 11.8 Å². The standard InChI is InChI=1S/C21H20ClFN4O3/c1-12(2)30-18-8-7-15(9-17(18)23)26-21-25-10-16(19(24)28)20(29)27(21)11-13-3-5-14(22)6-4-13/h3-10,12H,11H2,1-2H3,(H2,24,28)(H,25,26). The smallest absolute Gasteiger partial charge is 0.268 e. The minimum absolute atomic E-state index is 0.101. The van der Waals surface area contributed by atoms with Crippen LogP contribution in [0.1, 0.15) is 29.8 Å². The fraction of sp³-hybridized carbons (Fsp3) is 0.190. The van der Waals surface area contributed by atoms with Crippen molar-refractivity contribution < 1.29 is 13.9 Å². The lowest BCUT2D eigenvalue weighted by Gasteiger charge is -2.16. The lowest BCUT2D eigenvalue weighted by molar-refractivity contribution is 0.0998. The Morgan fingerprint density at radius 2 is 1.97 bits per heavy atom. The molecule has 0 fully saturated rings. The number of carbonyl (C=O) groups is 1. The zero-order valence-electron chi connectivity index (χ0n) is 16.4. The van der Waals surface area contributed by atoms with Gasteiger partial charge in [-0.1, -0.05) is 23.7 Å². The molecule has 0 bridgehead atoms. The molecular formula is C21H20ClFN4O3. The number of nitrogens with one attached hydrogen (secondary N) is 1. The normalized spacial score (nSPS) is 10.8. The highest BCUT2D eigenvalue weighted by Gasteiger charge is 2.16. The van der Waals surface area contributed by atoms with E-state index in [4.69, 9.17) is 22.1 Å². The Kier molecular flexibility index (Phi) is 6.37. The predicted molar refractivity (Wildman–Crippen MR) is 113 cm³/mol. The first-order valence-electron chi connectivity index (χ1n) is 9.12. The van der Waals surface area contributed by atoms with E-state index in [-0.39, 0.29) is 29.9 Å². The summed E-state index contributed by atoms with van der Waals surface area (Å²) >= 11 is 5.91. The molecular weight excluding hydrogens is 411 g/mol. The Labute approximate surface area is 177 Å². The summed E-state index contributed by atoms with van der Waals surface area (Å²) in [6.07, 6.45) is 0.920. The molecule has 1 aromatic heterocycles. The summed E-state index contributed by atoms with van der Waals surface area (Å²) < 4.78 is 21.0. The van der Waals surface area contributed by atoms with Crippen LogP contribution in [0.5, 0.6) is 5.75 Å². The number of carbonyl (C=O) groups excluding carboxylic acids is 1. The summed E-state index contributed by atoms with van der Waals surface area (Å²) in [5.74, 6) is -1.21. The largest absolute Gasteiger partial charge is 0.488 e. The van der Waals surface area contributed by atoms with Gasteiger partial charge in [0.2, 0.25) is 5.95 Å². The fourth-order valence-electron chi connectivity index (χ4n) is 2.74. The van der Waals surface area contributed by atoms with Gasteiger partial charge in [0.15, 0.2) is 11.6 Å². The molecule has 2 aromatic carbocycles. The number of aromatic nitrogens is 2. The number of halogens is 2. The van der Waals surface area contributed by atoms with Gasteiger partial charge in [-0.15, -0.1) is 0 Å². The second-order valence-corrected chi connectivity index (χ2v) is 7.25. The summed E-state index contributed by atoms with van der Waals surface area (Å²) in [5.41, 5.74) is 5.52. The third kappa shape index (κ3) is 4.96. The van der Waals surface area contributed by atoms with Crippen LogP contribution in [0.25, 0.3) is 0 Å². The second kappa shape index (κ2) is 8.96. The van der Waals surface area contributed by atoms with Crippen molar-refractivity contribution in [3.8, 4) is 5.75 Å². The van der Waals surface area contributed by atoms with Gasteiger partial charge in [-0.3, -0.25) is 14.2 Å². The minimum atomic E-state index is -0.884. The van der Waals surface area contributed by atoms with E-state index in [9.17, 15) is 14.0 Å². The third-order valence-corrected chi connectivity index (χ3v) is 4.37. The zero-order valence-corrected chi connectivity index (χ0v) is 17.1. The third-order valence-electron chi connectivity index (χ3n) is 4.12. The number of rotatable bonds is 7. The van der Waals surface area contributed by atoms with Gasteiger partial charge in [0.1, 0.15) is 5.56 Å². The molecule has 0 saturated carbocycles. The number of hydrogen-bond donors (Lipinski definition) is 2. The number of hydrogen-bond acceptors (Lipinski definition) is 5. The lowest BCUT2D eigenvalue weighted by Crippen LogP contribution is -2.32. The van der Waals surface area contributed by atoms with Crippen molar-refractivity contribution in [1.82, 2.24) is 9.55 Å². The average Bonchev–Trinajstić information content (AvgIpc) is 2.68. The first-order valence-corrected chi connectivity index (χ1v) is 9.49. The van der Waals surface area contributed by atoms with Gasteiger partial charge in [-0.2, -0.15) is 0 Å². The van der Waals surface area contributed by atoms with Gasteiger partial charge in [0.25, 0.3) is 11.5 Å². The summed E-state index contributed by atoms with van der Waals surface area (Å²) in [6.45, 7) is 3.69. The second-order valence-electron chi connectivity index (χ2n) is 6.81. The van der Waals surface area contributed by atoms with E-state index in [1.807, 2.05) is 0 Å². The SMILES string of the molecule is CC(C)Oc1ccc(Nc2ncc(C(N)=O)c(=O)n2Cc2ccc(Cl)cc2)cc1F. The van der Waals surface area contributed by atoms with Crippen LogP contribution in [0.2, 0.25) is 5.02 Å². The minimum Gasteiger partial charge on any atom is -0.488 e. The molecule has 0 saturated heterocycles.